The topological polar surface area (TPSA) is 39.1 Å². The molecule has 0 aliphatic rings. The minimum atomic E-state index is -3.62. The third-order valence-electron chi connectivity index (χ3n) is 3.18. The molecule has 0 unspecified atom stereocenters. The molecule has 4 heteroatoms. The summed E-state index contributed by atoms with van der Waals surface area (Å²) in [6.07, 6.45) is 1.56. The molecule has 0 N–H and O–H groups in total. The molecule has 0 atom stereocenters. The fourth-order valence-electron chi connectivity index (χ4n) is 2.26. The first kappa shape index (κ1) is 12.7. The van der Waals surface area contributed by atoms with Crippen molar-refractivity contribution in [2.75, 3.05) is 0 Å². The van der Waals surface area contributed by atoms with Crippen LogP contribution in [-0.2, 0) is 10.0 Å². The number of hydrogen-bond donors (Lipinski definition) is 0. The molecule has 0 aliphatic heterocycles. The van der Waals surface area contributed by atoms with Crippen LogP contribution in [0, 0.1) is 0 Å². The number of nitrogens with zero attached hydrogens (tertiary/aromatic N) is 1. The fraction of sp³-hybridized carbons (Fsp3) is 0. The number of benzene rings is 2. The molecule has 3 nitrogen and oxygen atoms in total. The first-order valence-corrected chi connectivity index (χ1v) is 7.62. The summed E-state index contributed by atoms with van der Waals surface area (Å²) in [5.41, 5.74) is 1.22. The van der Waals surface area contributed by atoms with Gasteiger partial charge in [-0.3, -0.25) is 0 Å². The van der Waals surface area contributed by atoms with Gasteiger partial charge in [-0.2, -0.15) is 0 Å². The van der Waals surface area contributed by atoms with Crippen LogP contribution in [0.4, 0.5) is 0 Å². The van der Waals surface area contributed by atoms with Gasteiger partial charge in [-0.15, -0.1) is 0 Å². The quantitative estimate of drug-likeness (QED) is 0.737. The molecular weight excluding hydrogens is 270 g/mol. The lowest BCUT2D eigenvalue weighted by Gasteiger charge is -2.09. The highest BCUT2D eigenvalue weighted by Gasteiger charge is 2.21. The Morgan fingerprint density at radius 2 is 1.60 bits per heavy atom. The van der Waals surface area contributed by atoms with Gasteiger partial charge in [0.1, 0.15) is 0 Å². The average Bonchev–Trinajstić information content (AvgIpc) is 2.87. The number of aromatic nitrogens is 1. The molecule has 0 saturated carbocycles. The summed E-state index contributed by atoms with van der Waals surface area (Å²) < 4.78 is 26.9. The van der Waals surface area contributed by atoms with E-state index in [0.717, 1.165) is 5.39 Å². The highest BCUT2D eigenvalue weighted by Crippen LogP contribution is 2.26. The largest absolute Gasteiger partial charge is 0.268 e. The normalized spacial score (nSPS) is 11.6. The monoisotopic (exact) mass is 283 g/mol. The van der Waals surface area contributed by atoms with Crippen molar-refractivity contribution in [1.82, 2.24) is 3.97 Å². The SMILES string of the molecule is C=Cc1cc2ccccc2n1S(=O)(=O)c1ccccc1. The molecule has 0 fully saturated rings. The molecule has 100 valence electrons. The molecule has 0 bridgehead atoms. The molecule has 20 heavy (non-hydrogen) atoms. The van der Waals surface area contributed by atoms with E-state index in [9.17, 15) is 8.42 Å². The van der Waals surface area contributed by atoms with E-state index >= 15 is 0 Å². The van der Waals surface area contributed by atoms with Gasteiger partial charge >= 0.3 is 0 Å². The predicted octanol–water partition coefficient (Wildman–Crippen LogP) is 3.52. The number of fused-ring (bicyclic) bond motifs is 1. The lowest BCUT2D eigenvalue weighted by molar-refractivity contribution is 0.589. The minimum Gasteiger partial charge on any atom is -0.234 e. The van der Waals surface area contributed by atoms with Gasteiger partial charge in [0, 0.05) is 5.39 Å². The maximum Gasteiger partial charge on any atom is 0.268 e. The van der Waals surface area contributed by atoms with E-state index in [1.54, 1.807) is 42.5 Å². The maximum absolute atomic E-state index is 12.8. The second kappa shape index (κ2) is 4.65. The van der Waals surface area contributed by atoms with Crippen molar-refractivity contribution in [1.29, 1.82) is 0 Å². The van der Waals surface area contributed by atoms with Crippen LogP contribution >= 0.6 is 0 Å². The summed E-state index contributed by atoms with van der Waals surface area (Å²) in [4.78, 5) is 0.268. The van der Waals surface area contributed by atoms with E-state index in [4.69, 9.17) is 0 Å². The molecule has 0 aliphatic carbocycles. The lowest BCUT2D eigenvalue weighted by atomic mass is 10.2. The number of hydrogen-bond acceptors (Lipinski definition) is 2. The van der Waals surface area contributed by atoms with Gasteiger partial charge in [0.05, 0.1) is 16.1 Å². The third kappa shape index (κ3) is 1.85. The summed E-state index contributed by atoms with van der Waals surface area (Å²) in [5, 5.41) is 0.877. The fourth-order valence-corrected chi connectivity index (χ4v) is 3.80. The molecule has 0 amide bonds. The Morgan fingerprint density at radius 1 is 0.950 bits per heavy atom. The van der Waals surface area contributed by atoms with Crippen LogP contribution in [-0.4, -0.2) is 12.4 Å². The van der Waals surface area contributed by atoms with Crippen LogP contribution in [0.1, 0.15) is 5.69 Å². The summed E-state index contributed by atoms with van der Waals surface area (Å²) in [6, 6.07) is 17.6. The molecule has 0 saturated heterocycles. The molecule has 1 heterocycles. The highest BCUT2D eigenvalue weighted by atomic mass is 32.2. The molecule has 0 radical (unpaired) electrons. The Hall–Kier alpha value is -2.33. The first-order chi connectivity index (χ1) is 9.64. The Bertz CT molecular complexity index is 877. The van der Waals surface area contributed by atoms with Crippen molar-refractivity contribution in [2.45, 2.75) is 4.90 Å². The van der Waals surface area contributed by atoms with Gasteiger partial charge in [-0.1, -0.05) is 43.0 Å². The van der Waals surface area contributed by atoms with E-state index in [1.807, 2.05) is 24.3 Å². The van der Waals surface area contributed by atoms with Crippen molar-refractivity contribution >= 4 is 27.0 Å². The highest BCUT2D eigenvalue weighted by molar-refractivity contribution is 7.90. The van der Waals surface area contributed by atoms with Crippen molar-refractivity contribution in [3.05, 3.63) is 72.9 Å². The lowest BCUT2D eigenvalue weighted by Crippen LogP contribution is -2.14. The smallest absolute Gasteiger partial charge is 0.234 e. The van der Waals surface area contributed by atoms with Gasteiger partial charge < -0.3 is 0 Å². The van der Waals surface area contributed by atoms with E-state index in [2.05, 4.69) is 6.58 Å². The van der Waals surface area contributed by atoms with Gasteiger partial charge in [-0.25, -0.2) is 12.4 Å². The third-order valence-corrected chi connectivity index (χ3v) is 4.94. The average molecular weight is 283 g/mol. The van der Waals surface area contributed by atoms with E-state index in [0.29, 0.717) is 11.2 Å². The second-order valence-corrected chi connectivity index (χ2v) is 6.20. The standard InChI is InChI=1S/C16H13NO2S/c1-2-14-12-13-8-6-7-11-16(13)17(14)20(18,19)15-9-4-3-5-10-15/h2-12H,1H2. The van der Waals surface area contributed by atoms with Crippen molar-refractivity contribution < 1.29 is 8.42 Å². The molecule has 3 aromatic rings. The molecule has 1 aromatic heterocycles. The van der Waals surface area contributed by atoms with Crippen molar-refractivity contribution in [3.8, 4) is 0 Å². The summed E-state index contributed by atoms with van der Waals surface area (Å²) in [5.74, 6) is 0. The molecule has 2 aromatic carbocycles. The zero-order valence-electron chi connectivity index (χ0n) is 10.7. The molecular formula is C16H13NO2S. The summed E-state index contributed by atoms with van der Waals surface area (Å²) in [6.45, 7) is 3.71. The molecule has 0 spiro atoms. The summed E-state index contributed by atoms with van der Waals surface area (Å²) in [7, 11) is -3.62. The number of para-hydroxylation sites is 1. The van der Waals surface area contributed by atoms with Crippen LogP contribution in [0.3, 0.4) is 0 Å². The van der Waals surface area contributed by atoms with Crippen LogP contribution < -0.4 is 0 Å². The van der Waals surface area contributed by atoms with Gasteiger partial charge in [0.2, 0.25) is 0 Å². The van der Waals surface area contributed by atoms with Crippen LogP contribution in [0.5, 0.6) is 0 Å². The van der Waals surface area contributed by atoms with E-state index < -0.39 is 10.0 Å². The first-order valence-electron chi connectivity index (χ1n) is 6.18. The zero-order valence-corrected chi connectivity index (χ0v) is 11.5. The Kier molecular flexibility index (Phi) is 2.95. The van der Waals surface area contributed by atoms with Crippen molar-refractivity contribution in [3.63, 3.8) is 0 Å². The summed E-state index contributed by atoms with van der Waals surface area (Å²) >= 11 is 0. The Balaban J connectivity index is 2.37. The van der Waals surface area contributed by atoms with Gasteiger partial charge in [0.25, 0.3) is 10.0 Å². The minimum absolute atomic E-state index is 0.268. The van der Waals surface area contributed by atoms with Crippen LogP contribution in [0.2, 0.25) is 0 Å². The predicted molar refractivity (Wildman–Crippen MR) is 81.1 cm³/mol. The van der Waals surface area contributed by atoms with Gasteiger partial charge in [-0.05, 0) is 30.3 Å². The second-order valence-electron chi connectivity index (χ2n) is 4.41. The Labute approximate surface area is 117 Å². The number of rotatable bonds is 3. The van der Waals surface area contributed by atoms with Crippen LogP contribution in [0.25, 0.3) is 17.0 Å². The van der Waals surface area contributed by atoms with Crippen molar-refractivity contribution in [2.24, 2.45) is 0 Å². The van der Waals surface area contributed by atoms with Gasteiger partial charge in [0.15, 0.2) is 0 Å². The van der Waals surface area contributed by atoms with E-state index in [-0.39, 0.29) is 4.90 Å². The van der Waals surface area contributed by atoms with Crippen LogP contribution in [0.15, 0.2) is 72.1 Å². The van der Waals surface area contributed by atoms with E-state index in [1.165, 1.54) is 3.97 Å². The zero-order chi connectivity index (χ0) is 14.2. The molecule has 3 rings (SSSR count). The Morgan fingerprint density at radius 3 is 2.30 bits per heavy atom. The maximum atomic E-state index is 12.8.